The molecule has 13 heavy (non-hydrogen) atoms. The highest BCUT2D eigenvalue weighted by Gasteiger charge is 2.08. The van der Waals surface area contributed by atoms with Crippen LogP contribution in [0.1, 0.15) is 9.67 Å². The molecule has 2 aromatic rings. The van der Waals surface area contributed by atoms with Crippen LogP contribution in [0, 0.1) is 0 Å². The van der Waals surface area contributed by atoms with E-state index in [0.29, 0.717) is 4.88 Å². The van der Waals surface area contributed by atoms with Crippen LogP contribution < -0.4 is 11.3 Å². The number of thiophene rings is 1. The molecule has 0 aliphatic rings. The first-order valence-corrected chi connectivity index (χ1v) is 4.48. The number of amides is 1. The zero-order valence-corrected chi connectivity index (χ0v) is 7.47. The lowest BCUT2D eigenvalue weighted by atomic mass is 10.4. The van der Waals surface area contributed by atoms with Crippen LogP contribution in [0.15, 0.2) is 24.4 Å². The number of pyridine rings is 1. The van der Waals surface area contributed by atoms with Gasteiger partial charge in [-0.05, 0) is 18.2 Å². The van der Waals surface area contributed by atoms with Crippen molar-refractivity contribution >= 4 is 27.5 Å². The van der Waals surface area contributed by atoms with Gasteiger partial charge in [0.15, 0.2) is 0 Å². The maximum absolute atomic E-state index is 11.1. The standard InChI is InChI=1S/C8H7N3OS/c9-11-8(12)7-4-5-6(13-7)2-1-3-10-5/h1-4H,9H2,(H,11,12). The molecule has 0 bridgehead atoms. The minimum atomic E-state index is -0.275. The summed E-state index contributed by atoms with van der Waals surface area (Å²) in [6, 6.07) is 5.48. The number of aromatic nitrogens is 1. The molecule has 1 amide bonds. The fourth-order valence-corrected chi connectivity index (χ4v) is 1.97. The summed E-state index contributed by atoms with van der Waals surface area (Å²) in [4.78, 5) is 15.8. The third-order valence-corrected chi connectivity index (χ3v) is 2.73. The summed E-state index contributed by atoms with van der Waals surface area (Å²) in [7, 11) is 0. The summed E-state index contributed by atoms with van der Waals surface area (Å²) in [5.74, 6) is 4.74. The minimum absolute atomic E-state index is 0.275. The minimum Gasteiger partial charge on any atom is -0.289 e. The van der Waals surface area contributed by atoms with Gasteiger partial charge in [0.25, 0.3) is 5.91 Å². The van der Waals surface area contributed by atoms with E-state index in [0.717, 1.165) is 10.2 Å². The molecular formula is C8H7N3OS. The third-order valence-electron chi connectivity index (χ3n) is 1.64. The van der Waals surface area contributed by atoms with Crippen LogP contribution in [0.5, 0.6) is 0 Å². The first-order valence-electron chi connectivity index (χ1n) is 3.67. The zero-order valence-electron chi connectivity index (χ0n) is 6.65. The second-order valence-electron chi connectivity index (χ2n) is 2.47. The van der Waals surface area contributed by atoms with Gasteiger partial charge in [-0.3, -0.25) is 15.2 Å². The van der Waals surface area contributed by atoms with Crippen LogP contribution in [0.4, 0.5) is 0 Å². The van der Waals surface area contributed by atoms with E-state index in [1.54, 1.807) is 12.3 Å². The van der Waals surface area contributed by atoms with Crippen molar-refractivity contribution in [2.24, 2.45) is 5.84 Å². The molecule has 0 unspecified atom stereocenters. The number of nitrogen functional groups attached to an aromatic ring is 1. The van der Waals surface area contributed by atoms with E-state index in [9.17, 15) is 4.79 Å². The molecule has 2 rings (SSSR count). The highest BCUT2D eigenvalue weighted by Crippen LogP contribution is 2.22. The lowest BCUT2D eigenvalue weighted by molar-refractivity contribution is 0.0958. The molecule has 0 fully saturated rings. The van der Waals surface area contributed by atoms with Gasteiger partial charge in [0, 0.05) is 6.20 Å². The summed E-state index contributed by atoms with van der Waals surface area (Å²) in [6.07, 6.45) is 1.69. The molecule has 4 nitrogen and oxygen atoms in total. The van der Waals surface area contributed by atoms with E-state index < -0.39 is 0 Å². The Labute approximate surface area is 78.4 Å². The second kappa shape index (κ2) is 3.12. The normalized spacial score (nSPS) is 10.2. The third kappa shape index (κ3) is 1.39. The molecule has 3 N–H and O–H groups in total. The van der Waals surface area contributed by atoms with Crippen molar-refractivity contribution in [3.05, 3.63) is 29.3 Å². The highest BCUT2D eigenvalue weighted by atomic mass is 32.1. The van der Waals surface area contributed by atoms with Gasteiger partial charge >= 0.3 is 0 Å². The first-order chi connectivity index (χ1) is 6.31. The molecule has 0 saturated carbocycles. The van der Waals surface area contributed by atoms with Gasteiger partial charge in [0.2, 0.25) is 0 Å². The van der Waals surface area contributed by atoms with Crippen LogP contribution in [0.25, 0.3) is 10.2 Å². The molecule has 0 aliphatic carbocycles. The predicted molar refractivity (Wildman–Crippen MR) is 51.3 cm³/mol. The van der Waals surface area contributed by atoms with E-state index in [4.69, 9.17) is 5.84 Å². The van der Waals surface area contributed by atoms with E-state index in [-0.39, 0.29) is 5.91 Å². The number of carbonyl (C=O) groups excluding carboxylic acids is 1. The van der Waals surface area contributed by atoms with Gasteiger partial charge in [-0.2, -0.15) is 0 Å². The Kier molecular flexibility index (Phi) is 1.96. The van der Waals surface area contributed by atoms with Crippen LogP contribution in [0.3, 0.4) is 0 Å². The maximum Gasteiger partial charge on any atom is 0.275 e. The monoisotopic (exact) mass is 193 g/mol. The van der Waals surface area contributed by atoms with Crippen LogP contribution in [-0.4, -0.2) is 10.9 Å². The van der Waals surface area contributed by atoms with Gasteiger partial charge in [-0.15, -0.1) is 11.3 Å². The van der Waals surface area contributed by atoms with E-state index >= 15 is 0 Å². The number of hydrazine groups is 1. The van der Waals surface area contributed by atoms with Crippen molar-refractivity contribution in [1.29, 1.82) is 0 Å². The molecule has 0 saturated heterocycles. The second-order valence-corrected chi connectivity index (χ2v) is 3.55. The molecule has 2 aromatic heterocycles. The van der Waals surface area contributed by atoms with Gasteiger partial charge in [-0.1, -0.05) is 0 Å². The number of nitrogens with one attached hydrogen (secondary N) is 1. The van der Waals surface area contributed by atoms with E-state index in [2.05, 4.69) is 10.4 Å². The number of rotatable bonds is 1. The summed E-state index contributed by atoms with van der Waals surface area (Å²) < 4.78 is 0.987. The Hall–Kier alpha value is -1.46. The fourth-order valence-electron chi connectivity index (χ4n) is 1.05. The Balaban J connectivity index is 2.56. The van der Waals surface area contributed by atoms with E-state index in [1.165, 1.54) is 11.3 Å². The van der Waals surface area contributed by atoms with Crippen LogP contribution in [0.2, 0.25) is 0 Å². The zero-order chi connectivity index (χ0) is 9.26. The Morgan fingerprint density at radius 2 is 2.46 bits per heavy atom. The number of nitrogens with two attached hydrogens (primary N) is 1. The summed E-state index contributed by atoms with van der Waals surface area (Å²) >= 11 is 1.38. The molecular weight excluding hydrogens is 186 g/mol. The van der Waals surface area contributed by atoms with Gasteiger partial charge in [0.1, 0.15) is 0 Å². The van der Waals surface area contributed by atoms with Gasteiger partial charge in [-0.25, -0.2) is 5.84 Å². The molecule has 0 atom stereocenters. The molecule has 66 valence electrons. The highest BCUT2D eigenvalue weighted by molar-refractivity contribution is 7.20. The van der Waals surface area contributed by atoms with Crippen molar-refractivity contribution in [3.63, 3.8) is 0 Å². The largest absolute Gasteiger partial charge is 0.289 e. The first kappa shape index (κ1) is 8.15. The van der Waals surface area contributed by atoms with Crippen molar-refractivity contribution < 1.29 is 4.79 Å². The summed E-state index contributed by atoms with van der Waals surface area (Å²) in [5, 5.41) is 0. The fraction of sp³-hybridized carbons (Fsp3) is 0. The maximum atomic E-state index is 11.1. The predicted octanol–water partition coefficient (Wildman–Crippen LogP) is 0.900. The quantitative estimate of drug-likeness (QED) is 0.401. The molecule has 2 heterocycles. The Morgan fingerprint density at radius 3 is 3.15 bits per heavy atom. The number of hydrogen-bond donors (Lipinski definition) is 2. The summed E-state index contributed by atoms with van der Waals surface area (Å²) in [6.45, 7) is 0. The van der Waals surface area contributed by atoms with Gasteiger partial charge < -0.3 is 0 Å². The number of carbonyl (C=O) groups is 1. The van der Waals surface area contributed by atoms with Crippen LogP contribution >= 0.6 is 11.3 Å². The summed E-state index contributed by atoms with van der Waals surface area (Å²) in [5.41, 5.74) is 2.91. The average molecular weight is 193 g/mol. The van der Waals surface area contributed by atoms with Crippen molar-refractivity contribution in [2.45, 2.75) is 0 Å². The smallest absolute Gasteiger partial charge is 0.275 e. The van der Waals surface area contributed by atoms with Crippen molar-refractivity contribution in [2.75, 3.05) is 0 Å². The number of fused-ring (bicyclic) bond motifs is 1. The molecule has 0 aliphatic heterocycles. The number of hydrogen-bond acceptors (Lipinski definition) is 4. The number of nitrogens with zero attached hydrogens (tertiary/aromatic N) is 1. The Morgan fingerprint density at radius 1 is 1.62 bits per heavy atom. The van der Waals surface area contributed by atoms with Crippen molar-refractivity contribution in [1.82, 2.24) is 10.4 Å². The molecule has 0 spiro atoms. The molecule has 0 aromatic carbocycles. The van der Waals surface area contributed by atoms with E-state index in [1.807, 2.05) is 12.1 Å². The lowest BCUT2D eigenvalue weighted by Gasteiger charge is -1.90. The van der Waals surface area contributed by atoms with Crippen LogP contribution in [-0.2, 0) is 0 Å². The molecule has 5 heteroatoms. The molecule has 0 radical (unpaired) electrons. The average Bonchev–Trinajstić information content (AvgIpc) is 2.59. The Bertz CT molecular complexity index is 418. The topological polar surface area (TPSA) is 68.0 Å². The SMILES string of the molecule is NNC(=O)c1cc2ncccc2s1. The van der Waals surface area contributed by atoms with Crippen molar-refractivity contribution in [3.8, 4) is 0 Å². The van der Waals surface area contributed by atoms with Gasteiger partial charge in [0.05, 0.1) is 15.1 Å². The lowest BCUT2D eigenvalue weighted by Crippen LogP contribution is -2.29.